The van der Waals surface area contributed by atoms with Crippen molar-refractivity contribution in [3.8, 4) is 11.5 Å². The van der Waals surface area contributed by atoms with Gasteiger partial charge in [0.05, 0.1) is 13.2 Å². The number of imide groups is 1. The molecule has 0 aromatic heterocycles. The summed E-state index contributed by atoms with van der Waals surface area (Å²) in [5, 5.41) is 2.85. The number of unbranched alkanes of at least 4 members (excludes halogenated alkanes) is 1. The largest absolute Gasteiger partial charge is 0.494 e. The number of carbonyl (C=O) groups excluding carboxylic acids is 2. The number of nitrogens with one attached hydrogen (secondary N) is 1. The Morgan fingerprint density at radius 2 is 1.60 bits per heavy atom. The minimum Gasteiger partial charge on any atom is -0.494 e. The van der Waals surface area contributed by atoms with E-state index in [0.29, 0.717) is 24.3 Å². The molecule has 30 heavy (non-hydrogen) atoms. The molecule has 2 aromatic carbocycles. The molecule has 0 bridgehead atoms. The van der Waals surface area contributed by atoms with E-state index in [1.54, 1.807) is 36.4 Å². The van der Waals surface area contributed by atoms with Crippen molar-refractivity contribution in [2.45, 2.75) is 38.6 Å². The lowest BCUT2D eigenvalue weighted by molar-refractivity contribution is -0.132. The van der Waals surface area contributed by atoms with E-state index < -0.39 is 11.6 Å². The molecule has 2 aromatic rings. The van der Waals surface area contributed by atoms with Crippen LogP contribution < -0.4 is 14.8 Å². The van der Waals surface area contributed by atoms with Crippen molar-refractivity contribution >= 4 is 11.9 Å². The highest BCUT2D eigenvalue weighted by Crippen LogP contribution is 2.34. The van der Waals surface area contributed by atoms with Gasteiger partial charge >= 0.3 is 6.03 Å². The Hall–Kier alpha value is -3.09. The molecule has 160 valence electrons. The van der Waals surface area contributed by atoms with Crippen LogP contribution in [0.4, 0.5) is 9.18 Å². The maximum absolute atomic E-state index is 13.4. The van der Waals surface area contributed by atoms with Gasteiger partial charge in [0, 0.05) is 0 Å². The van der Waals surface area contributed by atoms with Gasteiger partial charge in [-0.3, -0.25) is 9.69 Å². The van der Waals surface area contributed by atoms with Crippen LogP contribution in [0.2, 0.25) is 0 Å². The van der Waals surface area contributed by atoms with Crippen molar-refractivity contribution < 1.29 is 23.5 Å². The minimum atomic E-state index is -1.17. The summed E-state index contributed by atoms with van der Waals surface area (Å²) in [6.45, 7) is 4.80. The van der Waals surface area contributed by atoms with Crippen LogP contribution in [0.25, 0.3) is 0 Å². The molecule has 1 atom stereocenters. The predicted molar refractivity (Wildman–Crippen MR) is 111 cm³/mol. The molecule has 7 heteroatoms. The molecule has 0 saturated carbocycles. The zero-order valence-electron chi connectivity index (χ0n) is 17.3. The fourth-order valence-corrected chi connectivity index (χ4v) is 3.57. The molecule has 1 heterocycles. The van der Waals surface area contributed by atoms with Crippen molar-refractivity contribution in [3.05, 3.63) is 59.9 Å². The lowest BCUT2D eigenvalue weighted by Gasteiger charge is -2.27. The van der Waals surface area contributed by atoms with Gasteiger partial charge in [-0.1, -0.05) is 31.9 Å². The zero-order valence-corrected chi connectivity index (χ0v) is 17.3. The van der Waals surface area contributed by atoms with Crippen molar-refractivity contribution in [3.63, 3.8) is 0 Å². The Balaban J connectivity index is 1.69. The van der Waals surface area contributed by atoms with Crippen LogP contribution in [-0.4, -0.2) is 36.6 Å². The summed E-state index contributed by atoms with van der Waals surface area (Å²) in [6.07, 6.45) is 2.07. The molecule has 6 nitrogen and oxygen atoms in total. The molecule has 3 amide bonds. The Bertz CT molecular complexity index is 870. The number of benzene rings is 2. The number of halogens is 1. The summed E-state index contributed by atoms with van der Waals surface area (Å²) in [5.74, 6) is 0.657. The first kappa shape index (κ1) is 21.6. The van der Waals surface area contributed by atoms with Gasteiger partial charge < -0.3 is 14.8 Å². The molecule has 1 N–H and O–H groups in total. The first-order valence-electron chi connectivity index (χ1n) is 10.3. The molecule has 0 spiro atoms. The third-order valence-electron chi connectivity index (χ3n) is 5.14. The van der Waals surface area contributed by atoms with E-state index in [-0.39, 0.29) is 24.9 Å². The summed E-state index contributed by atoms with van der Waals surface area (Å²) in [5.41, 5.74) is -0.578. The van der Waals surface area contributed by atoms with Crippen LogP contribution in [0.5, 0.6) is 11.5 Å². The number of rotatable bonds is 10. The van der Waals surface area contributed by atoms with E-state index >= 15 is 0 Å². The van der Waals surface area contributed by atoms with Crippen LogP contribution in [0.15, 0.2) is 48.5 Å². The average molecular weight is 414 g/mol. The smallest absolute Gasteiger partial charge is 0.325 e. The zero-order chi connectivity index (χ0) is 21.6. The van der Waals surface area contributed by atoms with Crippen LogP contribution >= 0.6 is 0 Å². The van der Waals surface area contributed by atoms with Gasteiger partial charge in [0.1, 0.15) is 29.5 Å². The van der Waals surface area contributed by atoms with E-state index in [1.807, 2.05) is 13.8 Å². The molecular formula is C23H27FN2O4. The fourth-order valence-electron chi connectivity index (χ4n) is 3.57. The number of carbonyl (C=O) groups is 2. The molecule has 0 unspecified atom stereocenters. The number of hydrogen-bond donors (Lipinski definition) is 1. The van der Waals surface area contributed by atoms with Crippen LogP contribution in [0.1, 0.15) is 38.7 Å². The molecule has 0 radical (unpaired) electrons. The van der Waals surface area contributed by atoms with Crippen LogP contribution in [-0.2, 0) is 10.3 Å². The molecule has 3 rings (SSSR count). The van der Waals surface area contributed by atoms with Crippen molar-refractivity contribution in [2.75, 3.05) is 19.8 Å². The number of ether oxygens (including phenoxy) is 2. The van der Waals surface area contributed by atoms with Crippen LogP contribution in [0.3, 0.4) is 0 Å². The van der Waals surface area contributed by atoms with Gasteiger partial charge in [0.2, 0.25) is 0 Å². The number of hydrogen-bond acceptors (Lipinski definition) is 4. The maximum Gasteiger partial charge on any atom is 0.325 e. The molecule has 1 aliphatic heterocycles. The van der Waals surface area contributed by atoms with Crippen molar-refractivity contribution in [1.82, 2.24) is 10.2 Å². The lowest BCUT2D eigenvalue weighted by Crippen LogP contribution is -2.44. The summed E-state index contributed by atoms with van der Waals surface area (Å²) >= 11 is 0. The first-order chi connectivity index (χ1) is 14.5. The number of nitrogens with zero attached hydrogens (tertiary/aromatic N) is 1. The van der Waals surface area contributed by atoms with E-state index in [9.17, 15) is 14.0 Å². The molecule has 1 saturated heterocycles. The average Bonchev–Trinajstić information content (AvgIpc) is 2.99. The second kappa shape index (κ2) is 9.61. The highest BCUT2D eigenvalue weighted by molar-refractivity contribution is 6.07. The number of amides is 3. The maximum atomic E-state index is 13.4. The summed E-state index contributed by atoms with van der Waals surface area (Å²) in [7, 11) is 0. The molecule has 0 aliphatic carbocycles. The third kappa shape index (κ3) is 4.56. The second-order valence-corrected chi connectivity index (χ2v) is 7.16. The molecule has 1 aliphatic rings. The van der Waals surface area contributed by atoms with Gasteiger partial charge in [-0.05, 0) is 55.3 Å². The quantitative estimate of drug-likeness (QED) is 0.591. The van der Waals surface area contributed by atoms with Gasteiger partial charge in [0.15, 0.2) is 0 Å². The highest BCUT2D eigenvalue weighted by atomic mass is 19.1. The van der Waals surface area contributed by atoms with Crippen molar-refractivity contribution in [1.29, 1.82) is 0 Å². The van der Waals surface area contributed by atoms with Gasteiger partial charge in [-0.15, -0.1) is 0 Å². The van der Waals surface area contributed by atoms with Crippen molar-refractivity contribution in [2.24, 2.45) is 0 Å². The first-order valence-corrected chi connectivity index (χ1v) is 10.3. The monoisotopic (exact) mass is 414 g/mol. The second-order valence-electron chi connectivity index (χ2n) is 7.16. The summed E-state index contributed by atoms with van der Waals surface area (Å²) in [4.78, 5) is 27.0. The third-order valence-corrected chi connectivity index (χ3v) is 5.14. The topological polar surface area (TPSA) is 67.9 Å². The Labute approximate surface area is 176 Å². The van der Waals surface area contributed by atoms with E-state index in [2.05, 4.69) is 5.32 Å². The molecule has 1 fully saturated rings. The fraction of sp³-hybridized carbons (Fsp3) is 0.391. The standard InChI is InChI=1S/C23H27FN2O4/c1-3-5-14-23(17-6-8-18(24)9-7-17)21(27)26(22(28)25-23)15-16-30-20-12-10-19(11-13-20)29-4-2/h6-13H,3-5,14-16H2,1-2H3,(H,25,28)/t23-/m0/s1. The lowest BCUT2D eigenvalue weighted by atomic mass is 9.85. The predicted octanol–water partition coefficient (Wildman–Crippen LogP) is 4.24. The van der Waals surface area contributed by atoms with E-state index in [0.717, 1.165) is 18.6 Å². The summed E-state index contributed by atoms with van der Waals surface area (Å²) in [6, 6.07) is 12.4. The summed E-state index contributed by atoms with van der Waals surface area (Å²) < 4.78 is 24.5. The Morgan fingerprint density at radius 1 is 0.967 bits per heavy atom. The normalized spacial score (nSPS) is 18.4. The Kier molecular flexibility index (Phi) is 6.92. The van der Waals surface area contributed by atoms with Gasteiger partial charge in [-0.2, -0.15) is 0 Å². The van der Waals surface area contributed by atoms with E-state index in [1.165, 1.54) is 17.0 Å². The van der Waals surface area contributed by atoms with Gasteiger partial charge in [-0.25, -0.2) is 9.18 Å². The van der Waals surface area contributed by atoms with Crippen LogP contribution in [0, 0.1) is 5.82 Å². The highest BCUT2D eigenvalue weighted by Gasteiger charge is 2.51. The van der Waals surface area contributed by atoms with Gasteiger partial charge in [0.25, 0.3) is 5.91 Å². The molecular weight excluding hydrogens is 387 g/mol. The number of urea groups is 1. The van der Waals surface area contributed by atoms with E-state index in [4.69, 9.17) is 9.47 Å². The Morgan fingerprint density at radius 3 is 2.20 bits per heavy atom. The SMILES string of the molecule is CCCC[C@@]1(c2ccc(F)cc2)NC(=O)N(CCOc2ccc(OCC)cc2)C1=O. The minimum absolute atomic E-state index is 0.118.